The van der Waals surface area contributed by atoms with Crippen LogP contribution in [0.5, 0.6) is 0 Å². The molecule has 2 aromatic rings. The number of amides is 2. The Hall–Kier alpha value is -2.01. The quantitative estimate of drug-likeness (QED) is 0.800. The van der Waals surface area contributed by atoms with E-state index in [-0.39, 0.29) is 18.4 Å². The number of hydrogen-bond donors (Lipinski definition) is 0. The number of fused-ring (bicyclic) bond motifs is 1. The molecule has 0 spiro atoms. The zero-order valence-electron chi connectivity index (χ0n) is 9.84. The van der Waals surface area contributed by atoms with Crippen LogP contribution in [0.2, 0.25) is 0 Å². The normalized spacial score (nSPS) is 13.8. The molecule has 0 aliphatic carbocycles. The maximum Gasteiger partial charge on any atom is 0.261 e. The Balaban J connectivity index is 1.95. The van der Waals surface area contributed by atoms with Crippen molar-refractivity contribution < 1.29 is 9.59 Å². The highest BCUT2D eigenvalue weighted by Crippen LogP contribution is 2.26. The number of rotatable bonds is 2. The molecule has 1 aromatic carbocycles. The van der Waals surface area contributed by atoms with Crippen LogP contribution in [0.4, 0.5) is 0 Å². The minimum atomic E-state index is -0.271. The van der Waals surface area contributed by atoms with Gasteiger partial charge < -0.3 is 0 Å². The lowest BCUT2D eigenvalue weighted by atomic mass is 10.1. The number of nitrogens with zero attached hydrogens (tertiary/aromatic N) is 2. The minimum absolute atomic E-state index is 0.199. The van der Waals surface area contributed by atoms with Crippen LogP contribution in [0.15, 0.2) is 47.1 Å². The van der Waals surface area contributed by atoms with E-state index < -0.39 is 0 Å². The number of halogens is 1. The van der Waals surface area contributed by atoms with Gasteiger partial charge in [-0.3, -0.25) is 19.5 Å². The molecule has 0 radical (unpaired) electrons. The van der Waals surface area contributed by atoms with Gasteiger partial charge in [0.05, 0.1) is 23.4 Å². The Morgan fingerprint density at radius 3 is 2.58 bits per heavy atom. The Labute approximate surface area is 118 Å². The van der Waals surface area contributed by atoms with Crippen LogP contribution >= 0.6 is 15.9 Å². The number of carbonyl (C=O) groups is 2. The first kappa shape index (κ1) is 12.0. The summed E-state index contributed by atoms with van der Waals surface area (Å²) >= 11 is 3.30. The number of benzene rings is 1. The van der Waals surface area contributed by atoms with Gasteiger partial charge in [0, 0.05) is 10.7 Å². The minimum Gasteiger partial charge on any atom is -0.269 e. The van der Waals surface area contributed by atoms with E-state index in [1.165, 1.54) is 4.90 Å². The van der Waals surface area contributed by atoms with Crippen LogP contribution in [0.25, 0.3) is 0 Å². The fourth-order valence-electron chi connectivity index (χ4n) is 2.06. The third-order valence-electron chi connectivity index (χ3n) is 2.98. The molecule has 2 heterocycles. The Morgan fingerprint density at radius 1 is 1.05 bits per heavy atom. The maximum absolute atomic E-state index is 12.2. The molecule has 19 heavy (non-hydrogen) atoms. The lowest BCUT2D eigenvalue weighted by molar-refractivity contribution is 0.0640. The molecule has 0 saturated carbocycles. The van der Waals surface area contributed by atoms with Crippen LogP contribution in [0.1, 0.15) is 26.4 Å². The van der Waals surface area contributed by atoms with Gasteiger partial charge in [-0.1, -0.05) is 22.0 Å². The molecule has 0 bridgehead atoms. The van der Waals surface area contributed by atoms with E-state index >= 15 is 0 Å². The van der Waals surface area contributed by atoms with E-state index in [4.69, 9.17) is 0 Å². The highest BCUT2D eigenvalue weighted by molar-refractivity contribution is 9.10. The second-order valence-corrected chi connectivity index (χ2v) is 5.12. The second-order valence-electron chi connectivity index (χ2n) is 4.21. The third-order valence-corrected chi connectivity index (χ3v) is 3.47. The first-order valence-electron chi connectivity index (χ1n) is 5.72. The lowest BCUT2D eigenvalue weighted by Gasteiger charge is -2.12. The highest BCUT2D eigenvalue weighted by atomic mass is 79.9. The maximum atomic E-state index is 12.2. The van der Waals surface area contributed by atoms with Crippen molar-refractivity contribution in [2.45, 2.75) is 6.54 Å². The summed E-state index contributed by atoms with van der Waals surface area (Å²) in [7, 11) is 0. The molecule has 0 N–H and O–H groups in total. The molecule has 1 aliphatic heterocycles. The third kappa shape index (κ3) is 2.06. The van der Waals surface area contributed by atoms with Gasteiger partial charge in [0.2, 0.25) is 0 Å². The van der Waals surface area contributed by atoms with Crippen molar-refractivity contribution in [2.24, 2.45) is 0 Å². The van der Waals surface area contributed by atoms with E-state index in [2.05, 4.69) is 20.9 Å². The highest BCUT2D eigenvalue weighted by Gasteiger charge is 2.35. The fraction of sp³-hybridized carbons (Fsp3) is 0.0714. The zero-order chi connectivity index (χ0) is 13.4. The van der Waals surface area contributed by atoms with Crippen molar-refractivity contribution in [3.8, 4) is 0 Å². The summed E-state index contributed by atoms with van der Waals surface area (Å²) in [6, 6.07) is 10.5. The molecule has 94 valence electrons. The molecule has 5 heteroatoms. The summed E-state index contributed by atoms with van der Waals surface area (Å²) in [6.45, 7) is 0.199. The predicted molar refractivity (Wildman–Crippen MR) is 72.6 cm³/mol. The SMILES string of the molecule is O=C1c2ccc(Br)cc2C(=O)N1Cc1ccccn1. The van der Waals surface area contributed by atoms with Crippen LogP contribution in [0.3, 0.4) is 0 Å². The molecule has 0 saturated heterocycles. The summed E-state index contributed by atoms with van der Waals surface area (Å²) < 4.78 is 0.784. The number of carbonyl (C=O) groups excluding carboxylic acids is 2. The molecule has 3 rings (SSSR count). The standard InChI is InChI=1S/C14H9BrN2O2/c15-9-4-5-11-12(7-9)14(19)17(13(11)18)8-10-3-1-2-6-16-10/h1-7H,8H2. The molecule has 0 atom stereocenters. The van der Waals surface area contributed by atoms with Crippen molar-refractivity contribution in [3.63, 3.8) is 0 Å². The van der Waals surface area contributed by atoms with Crippen molar-refractivity contribution in [1.29, 1.82) is 0 Å². The number of hydrogen-bond acceptors (Lipinski definition) is 3. The van der Waals surface area contributed by atoms with Gasteiger partial charge in [-0.15, -0.1) is 0 Å². The van der Waals surface area contributed by atoms with Crippen molar-refractivity contribution in [2.75, 3.05) is 0 Å². The summed E-state index contributed by atoms with van der Waals surface area (Å²) in [5.74, 6) is -0.537. The van der Waals surface area contributed by atoms with E-state index in [1.54, 1.807) is 36.5 Å². The summed E-state index contributed by atoms with van der Waals surface area (Å²) in [5.41, 5.74) is 1.58. The Kier molecular flexibility index (Phi) is 2.91. The van der Waals surface area contributed by atoms with Gasteiger partial charge in [-0.2, -0.15) is 0 Å². The van der Waals surface area contributed by atoms with Gasteiger partial charge in [-0.05, 0) is 30.3 Å². The summed E-state index contributed by atoms with van der Waals surface area (Å²) in [4.78, 5) is 29.8. The van der Waals surface area contributed by atoms with Gasteiger partial charge in [0.25, 0.3) is 11.8 Å². The predicted octanol–water partition coefficient (Wildman–Crippen LogP) is 2.64. The first-order valence-corrected chi connectivity index (χ1v) is 6.52. The molecule has 0 unspecified atom stereocenters. The molecule has 2 amide bonds. The van der Waals surface area contributed by atoms with E-state index in [9.17, 15) is 9.59 Å². The van der Waals surface area contributed by atoms with Crippen LogP contribution in [-0.2, 0) is 6.54 Å². The van der Waals surface area contributed by atoms with Crippen molar-refractivity contribution in [1.82, 2.24) is 9.88 Å². The average Bonchev–Trinajstić information content (AvgIpc) is 2.65. The first-order chi connectivity index (χ1) is 9.16. The lowest BCUT2D eigenvalue weighted by Crippen LogP contribution is -2.29. The number of pyridine rings is 1. The molecule has 1 aliphatic rings. The van der Waals surface area contributed by atoms with Gasteiger partial charge in [-0.25, -0.2) is 0 Å². The molecule has 1 aromatic heterocycles. The van der Waals surface area contributed by atoms with Crippen LogP contribution < -0.4 is 0 Å². The van der Waals surface area contributed by atoms with Crippen LogP contribution in [-0.4, -0.2) is 21.7 Å². The van der Waals surface area contributed by atoms with Gasteiger partial charge in [0.15, 0.2) is 0 Å². The van der Waals surface area contributed by atoms with E-state index in [1.807, 2.05) is 6.07 Å². The topological polar surface area (TPSA) is 50.3 Å². The second kappa shape index (κ2) is 4.59. The largest absolute Gasteiger partial charge is 0.269 e. The van der Waals surface area contributed by atoms with E-state index in [0.717, 1.165) is 4.47 Å². The molecule has 4 nitrogen and oxygen atoms in total. The summed E-state index contributed by atoms with van der Waals surface area (Å²) in [6.07, 6.45) is 1.64. The number of imide groups is 1. The van der Waals surface area contributed by atoms with Gasteiger partial charge in [0.1, 0.15) is 0 Å². The molecular weight excluding hydrogens is 308 g/mol. The smallest absolute Gasteiger partial charge is 0.261 e. The Morgan fingerprint density at radius 2 is 1.84 bits per heavy atom. The molecular formula is C14H9BrN2O2. The van der Waals surface area contributed by atoms with Crippen molar-refractivity contribution in [3.05, 3.63) is 63.9 Å². The fourth-order valence-corrected chi connectivity index (χ4v) is 2.42. The summed E-state index contributed by atoms with van der Waals surface area (Å²) in [5, 5.41) is 0. The van der Waals surface area contributed by atoms with E-state index in [0.29, 0.717) is 16.8 Å². The monoisotopic (exact) mass is 316 g/mol. The average molecular weight is 317 g/mol. The van der Waals surface area contributed by atoms with Crippen molar-refractivity contribution >= 4 is 27.7 Å². The van der Waals surface area contributed by atoms with Gasteiger partial charge >= 0.3 is 0 Å². The number of aromatic nitrogens is 1. The zero-order valence-corrected chi connectivity index (χ0v) is 11.4. The Bertz CT molecular complexity index is 670. The molecule has 0 fully saturated rings. The van der Waals surface area contributed by atoms with Crippen LogP contribution in [0, 0.1) is 0 Å².